The maximum absolute atomic E-state index is 12.8. The standard InChI is InChI=1S/C20H22N2O3/c1-13(16-12-22(2)18-8-6-5-7-15(16)18)20(23)21-17-10-9-14(24-3)11-19(17)25-4/h5-13H,1-4H3,(H,21,23). The van der Waals surface area contributed by atoms with Crippen molar-refractivity contribution in [2.45, 2.75) is 12.8 Å². The molecule has 1 heterocycles. The lowest BCUT2D eigenvalue weighted by molar-refractivity contribution is -0.117. The molecule has 0 fully saturated rings. The maximum Gasteiger partial charge on any atom is 0.231 e. The molecule has 1 aromatic heterocycles. The van der Waals surface area contributed by atoms with Gasteiger partial charge in [-0.2, -0.15) is 0 Å². The van der Waals surface area contributed by atoms with E-state index in [1.54, 1.807) is 32.4 Å². The van der Waals surface area contributed by atoms with Gasteiger partial charge >= 0.3 is 0 Å². The monoisotopic (exact) mass is 338 g/mol. The topological polar surface area (TPSA) is 52.5 Å². The van der Waals surface area contributed by atoms with Crippen molar-refractivity contribution >= 4 is 22.5 Å². The minimum atomic E-state index is -0.294. The van der Waals surface area contributed by atoms with E-state index in [0.29, 0.717) is 17.2 Å². The molecule has 1 atom stereocenters. The number of amides is 1. The third-order valence-corrected chi connectivity index (χ3v) is 4.45. The zero-order valence-electron chi connectivity index (χ0n) is 14.9. The summed E-state index contributed by atoms with van der Waals surface area (Å²) in [5.74, 6) is 0.868. The lowest BCUT2D eigenvalue weighted by Gasteiger charge is -2.15. The Kier molecular flexibility index (Phi) is 4.65. The summed E-state index contributed by atoms with van der Waals surface area (Å²) in [4.78, 5) is 12.8. The Morgan fingerprint density at radius 1 is 1.12 bits per heavy atom. The summed E-state index contributed by atoms with van der Waals surface area (Å²) in [6.45, 7) is 1.91. The van der Waals surface area contributed by atoms with Crippen LogP contribution in [0.25, 0.3) is 10.9 Å². The summed E-state index contributed by atoms with van der Waals surface area (Å²) in [7, 11) is 5.15. The highest BCUT2D eigenvalue weighted by Crippen LogP contribution is 2.32. The van der Waals surface area contributed by atoms with Crippen molar-refractivity contribution in [3.05, 3.63) is 54.2 Å². The van der Waals surface area contributed by atoms with Gasteiger partial charge in [-0.3, -0.25) is 4.79 Å². The van der Waals surface area contributed by atoms with Gasteiger partial charge in [0, 0.05) is 30.2 Å². The Hall–Kier alpha value is -2.95. The highest BCUT2D eigenvalue weighted by molar-refractivity contribution is 6.00. The van der Waals surface area contributed by atoms with E-state index in [2.05, 4.69) is 11.4 Å². The second-order valence-corrected chi connectivity index (χ2v) is 5.99. The molecule has 0 aliphatic rings. The molecule has 3 aromatic rings. The van der Waals surface area contributed by atoms with E-state index in [9.17, 15) is 4.79 Å². The molecule has 0 aliphatic carbocycles. The average molecular weight is 338 g/mol. The Morgan fingerprint density at radius 2 is 1.88 bits per heavy atom. The predicted molar refractivity (Wildman–Crippen MR) is 99.5 cm³/mol. The van der Waals surface area contributed by atoms with E-state index in [-0.39, 0.29) is 11.8 Å². The molecular weight excluding hydrogens is 316 g/mol. The average Bonchev–Trinajstić information content (AvgIpc) is 2.98. The van der Waals surface area contributed by atoms with Gasteiger partial charge in [0.2, 0.25) is 5.91 Å². The highest BCUT2D eigenvalue weighted by atomic mass is 16.5. The lowest BCUT2D eigenvalue weighted by Crippen LogP contribution is -2.19. The quantitative estimate of drug-likeness (QED) is 0.767. The molecule has 0 saturated carbocycles. The first-order valence-electron chi connectivity index (χ1n) is 8.12. The molecule has 5 heteroatoms. The number of aryl methyl sites for hydroxylation is 1. The number of anilines is 1. The van der Waals surface area contributed by atoms with Gasteiger partial charge in [0.05, 0.1) is 25.8 Å². The van der Waals surface area contributed by atoms with Crippen LogP contribution in [-0.2, 0) is 11.8 Å². The van der Waals surface area contributed by atoms with Crippen molar-refractivity contribution in [1.82, 2.24) is 4.57 Å². The summed E-state index contributed by atoms with van der Waals surface area (Å²) in [5.41, 5.74) is 2.74. The molecule has 0 saturated heterocycles. The van der Waals surface area contributed by atoms with E-state index < -0.39 is 0 Å². The summed E-state index contributed by atoms with van der Waals surface area (Å²) in [5, 5.41) is 4.05. The van der Waals surface area contributed by atoms with Gasteiger partial charge in [-0.15, -0.1) is 0 Å². The van der Waals surface area contributed by atoms with Gasteiger partial charge in [-0.1, -0.05) is 18.2 Å². The van der Waals surface area contributed by atoms with Crippen molar-refractivity contribution in [2.75, 3.05) is 19.5 Å². The second-order valence-electron chi connectivity index (χ2n) is 5.99. The minimum absolute atomic E-state index is 0.0835. The number of para-hydroxylation sites is 1. The van der Waals surface area contributed by atoms with E-state index in [4.69, 9.17) is 9.47 Å². The number of aromatic nitrogens is 1. The SMILES string of the molecule is COc1ccc(NC(=O)C(C)c2cn(C)c3ccccc23)c(OC)c1. The molecule has 0 aliphatic heterocycles. The van der Waals surface area contributed by atoms with Crippen LogP contribution in [0.4, 0.5) is 5.69 Å². The lowest BCUT2D eigenvalue weighted by atomic mass is 9.99. The van der Waals surface area contributed by atoms with Gasteiger partial charge in [0.1, 0.15) is 11.5 Å². The van der Waals surface area contributed by atoms with Crippen molar-refractivity contribution in [3.8, 4) is 11.5 Å². The number of hydrogen-bond donors (Lipinski definition) is 1. The molecule has 0 bridgehead atoms. The number of carbonyl (C=O) groups is 1. The first-order chi connectivity index (χ1) is 12.0. The van der Waals surface area contributed by atoms with Crippen molar-refractivity contribution in [1.29, 1.82) is 0 Å². The van der Waals surface area contributed by atoms with Gasteiger partial charge < -0.3 is 19.4 Å². The summed E-state index contributed by atoms with van der Waals surface area (Å²) >= 11 is 0. The predicted octanol–water partition coefficient (Wildman–Crippen LogP) is 3.94. The van der Waals surface area contributed by atoms with Crippen LogP contribution >= 0.6 is 0 Å². The molecule has 3 rings (SSSR count). The Balaban J connectivity index is 1.88. The summed E-state index contributed by atoms with van der Waals surface area (Å²) in [6.07, 6.45) is 2.01. The third kappa shape index (κ3) is 3.18. The van der Waals surface area contributed by atoms with Gasteiger partial charge in [0.15, 0.2) is 0 Å². The third-order valence-electron chi connectivity index (χ3n) is 4.45. The largest absolute Gasteiger partial charge is 0.497 e. The van der Waals surface area contributed by atoms with E-state index in [1.165, 1.54) is 0 Å². The summed E-state index contributed by atoms with van der Waals surface area (Å²) < 4.78 is 12.6. The fraction of sp³-hybridized carbons (Fsp3) is 0.250. The van der Waals surface area contributed by atoms with Crippen LogP contribution in [0.2, 0.25) is 0 Å². The number of rotatable bonds is 5. The smallest absolute Gasteiger partial charge is 0.231 e. The van der Waals surface area contributed by atoms with Crippen LogP contribution in [0, 0.1) is 0 Å². The minimum Gasteiger partial charge on any atom is -0.497 e. The number of ether oxygens (including phenoxy) is 2. The molecule has 0 spiro atoms. The van der Waals surface area contributed by atoms with Crippen molar-refractivity contribution in [2.24, 2.45) is 7.05 Å². The molecule has 1 amide bonds. The normalized spacial score (nSPS) is 12.0. The van der Waals surface area contributed by atoms with Crippen molar-refractivity contribution in [3.63, 3.8) is 0 Å². The van der Waals surface area contributed by atoms with Gasteiger partial charge in [0.25, 0.3) is 0 Å². The van der Waals surface area contributed by atoms with E-state index >= 15 is 0 Å². The van der Waals surface area contributed by atoms with Crippen LogP contribution in [0.1, 0.15) is 18.4 Å². The number of benzene rings is 2. The molecule has 1 unspecified atom stereocenters. The molecule has 5 nitrogen and oxygen atoms in total. The fourth-order valence-corrected chi connectivity index (χ4v) is 3.00. The first-order valence-corrected chi connectivity index (χ1v) is 8.12. The number of hydrogen-bond acceptors (Lipinski definition) is 3. The first kappa shape index (κ1) is 16.9. The van der Waals surface area contributed by atoms with Crippen LogP contribution < -0.4 is 14.8 Å². The zero-order valence-corrected chi connectivity index (χ0v) is 14.9. The Labute approximate surface area is 147 Å². The molecule has 2 aromatic carbocycles. The maximum atomic E-state index is 12.8. The van der Waals surface area contributed by atoms with Crippen LogP contribution in [-0.4, -0.2) is 24.7 Å². The van der Waals surface area contributed by atoms with Crippen molar-refractivity contribution < 1.29 is 14.3 Å². The Bertz CT molecular complexity index is 914. The molecule has 130 valence electrons. The second kappa shape index (κ2) is 6.89. The van der Waals surface area contributed by atoms with E-state index in [1.807, 2.05) is 42.9 Å². The zero-order chi connectivity index (χ0) is 18.0. The molecule has 25 heavy (non-hydrogen) atoms. The number of fused-ring (bicyclic) bond motifs is 1. The number of methoxy groups -OCH3 is 2. The molecular formula is C20H22N2O3. The number of nitrogens with one attached hydrogen (secondary N) is 1. The Morgan fingerprint density at radius 3 is 2.60 bits per heavy atom. The number of carbonyl (C=O) groups excluding carboxylic acids is 1. The highest BCUT2D eigenvalue weighted by Gasteiger charge is 2.21. The van der Waals surface area contributed by atoms with Gasteiger partial charge in [-0.25, -0.2) is 0 Å². The van der Waals surface area contributed by atoms with Gasteiger partial charge in [-0.05, 0) is 30.7 Å². The van der Waals surface area contributed by atoms with Crippen LogP contribution in [0.15, 0.2) is 48.7 Å². The summed E-state index contributed by atoms with van der Waals surface area (Å²) in [6, 6.07) is 13.4. The molecule has 1 N–H and O–H groups in total. The molecule has 0 radical (unpaired) electrons. The van der Waals surface area contributed by atoms with Crippen LogP contribution in [0.5, 0.6) is 11.5 Å². The number of nitrogens with zero attached hydrogens (tertiary/aromatic N) is 1. The fourth-order valence-electron chi connectivity index (χ4n) is 3.00. The van der Waals surface area contributed by atoms with E-state index in [0.717, 1.165) is 16.5 Å². The van der Waals surface area contributed by atoms with Crippen LogP contribution in [0.3, 0.4) is 0 Å².